The molecule has 0 atom stereocenters. The number of hydrogen-bond acceptors (Lipinski definition) is 3. The molecule has 0 spiro atoms. The predicted molar refractivity (Wildman–Crippen MR) is 80.8 cm³/mol. The maximum absolute atomic E-state index is 12.5. The molecule has 2 amide bonds. The van der Waals surface area contributed by atoms with E-state index in [9.17, 15) is 9.59 Å². The van der Waals surface area contributed by atoms with Gasteiger partial charge in [0.25, 0.3) is 0 Å². The summed E-state index contributed by atoms with van der Waals surface area (Å²) in [4.78, 5) is 28.6. The van der Waals surface area contributed by atoms with Crippen molar-refractivity contribution < 1.29 is 14.3 Å². The van der Waals surface area contributed by atoms with Crippen LogP contribution in [0.5, 0.6) is 0 Å². The highest BCUT2D eigenvalue weighted by molar-refractivity contribution is 5.81. The molecule has 0 aromatic carbocycles. The van der Waals surface area contributed by atoms with Crippen molar-refractivity contribution in [1.82, 2.24) is 9.80 Å². The topological polar surface area (TPSA) is 49.9 Å². The number of amides is 2. The molecule has 2 rings (SSSR count). The largest absolute Gasteiger partial charge is 0.378 e. The smallest absolute Gasteiger partial charge is 0.225 e. The van der Waals surface area contributed by atoms with E-state index in [2.05, 4.69) is 0 Å². The Kier molecular flexibility index (Phi) is 6.03. The van der Waals surface area contributed by atoms with E-state index >= 15 is 0 Å². The van der Waals surface area contributed by atoms with E-state index in [1.165, 1.54) is 0 Å². The van der Waals surface area contributed by atoms with E-state index in [0.717, 1.165) is 51.9 Å². The fraction of sp³-hybridized carbons (Fsp3) is 0.875. The summed E-state index contributed by atoms with van der Waals surface area (Å²) in [6.07, 6.45) is 3.42. The number of carbonyl (C=O) groups excluding carboxylic acids is 2. The SMILES string of the molecule is CCN(CC)C(=O)C1CCC(C(=O)N2CCOCC2)CC1. The first kappa shape index (κ1) is 16.3. The predicted octanol–water partition coefficient (Wildman–Crippen LogP) is 1.52. The quantitative estimate of drug-likeness (QED) is 0.790. The monoisotopic (exact) mass is 296 g/mol. The van der Waals surface area contributed by atoms with Crippen LogP contribution in [0, 0.1) is 11.8 Å². The van der Waals surface area contributed by atoms with Gasteiger partial charge in [-0.05, 0) is 39.5 Å². The van der Waals surface area contributed by atoms with Gasteiger partial charge in [-0.25, -0.2) is 0 Å². The summed E-state index contributed by atoms with van der Waals surface area (Å²) in [6.45, 7) is 8.35. The van der Waals surface area contributed by atoms with E-state index in [0.29, 0.717) is 13.2 Å². The molecule has 0 radical (unpaired) electrons. The van der Waals surface area contributed by atoms with Crippen molar-refractivity contribution in [2.24, 2.45) is 11.8 Å². The molecule has 120 valence electrons. The molecule has 1 saturated carbocycles. The number of rotatable bonds is 4. The summed E-state index contributed by atoms with van der Waals surface area (Å²) in [5, 5.41) is 0. The Labute approximate surface area is 127 Å². The highest BCUT2D eigenvalue weighted by Gasteiger charge is 2.33. The van der Waals surface area contributed by atoms with Crippen LogP contribution in [0.1, 0.15) is 39.5 Å². The third-order valence-corrected chi connectivity index (χ3v) is 4.82. The number of morpholine rings is 1. The van der Waals surface area contributed by atoms with Crippen molar-refractivity contribution in [2.45, 2.75) is 39.5 Å². The fourth-order valence-electron chi connectivity index (χ4n) is 3.42. The molecule has 0 N–H and O–H groups in total. The second kappa shape index (κ2) is 7.78. The Morgan fingerprint density at radius 2 is 1.52 bits per heavy atom. The van der Waals surface area contributed by atoms with Crippen molar-refractivity contribution >= 4 is 11.8 Å². The van der Waals surface area contributed by atoms with Gasteiger partial charge in [0, 0.05) is 38.0 Å². The normalized spacial score (nSPS) is 26.5. The van der Waals surface area contributed by atoms with Crippen LogP contribution in [-0.4, -0.2) is 61.0 Å². The van der Waals surface area contributed by atoms with Gasteiger partial charge < -0.3 is 14.5 Å². The van der Waals surface area contributed by atoms with Crippen LogP contribution >= 0.6 is 0 Å². The molecule has 1 heterocycles. The molecular formula is C16H28N2O3. The Morgan fingerprint density at radius 3 is 2.05 bits per heavy atom. The van der Waals surface area contributed by atoms with Gasteiger partial charge in [0.05, 0.1) is 13.2 Å². The second-order valence-corrected chi connectivity index (χ2v) is 6.00. The van der Waals surface area contributed by atoms with Gasteiger partial charge in [-0.2, -0.15) is 0 Å². The first-order chi connectivity index (χ1) is 10.2. The van der Waals surface area contributed by atoms with E-state index in [1.807, 2.05) is 23.6 Å². The zero-order chi connectivity index (χ0) is 15.2. The molecule has 21 heavy (non-hydrogen) atoms. The van der Waals surface area contributed by atoms with Crippen molar-refractivity contribution in [3.8, 4) is 0 Å². The highest BCUT2D eigenvalue weighted by atomic mass is 16.5. The third-order valence-electron chi connectivity index (χ3n) is 4.82. The molecule has 2 aliphatic rings. The van der Waals surface area contributed by atoms with E-state index in [-0.39, 0.29) is 23.7 Å². The molecule has 1 saturated heterocycles. The molecular weight excluding hydrogens is 268 g/mol. The van der Waals surface area contributed by atoms with Crippen LogP contribution in [0.2, 0.25) is 0 Å². The molecule has 5 nitrogen and oxygen atoms in total. The standard InChI is InChI=1S/C16H28N2O3/c1-3-17(4-2)15(19)13-5-7-14(8-6-13)16(20)18-9-11-21-12-10-18/h13-14H,3-12H2,1-2H3. The van der Waals surface area contributed by atoms with Gasteiger partial charge in [-0.3, -0.25) is 9.59 Å². The van der Waals surface area contributed by atoms with Crippen molar-refractivity contribution in [2.75, 3.05) is 39.4 Å². The average molecular weight is 296 g/mol. The van der Waals surface area contributed by atoms with Crippen LogP contribution in [0.4, 0.5) is 0 Å². The summed E-state index contributed by atoms with van der Waals surface area (Å²) >= 11 is 0. The van der Waals surface area contributed by atoms with Crippen LogP contribution in [0.3, 0.4) is 0 Å². The molecule has 2 fully saturated rings. The Hall–Kier alpha value is -1.10. The van der Waals surface area contributed by atoms with Gasteiger partial charge in [0.1, 0.15) is 0 Å². The number of carbonyl (C=O) groups is 2. The summed E-state index contributed by atoms with van der Waals surface area (Å²) in [5.74, 6) is 0.784. The zero-order valence-corrected chi connectivity index (χ0v) is 13.3. The molecule has 1 aliphatic heterocycles. The number of ether oxygens (including phenoxy) is 1. The Bertz CT molecular complexity index is 355. The van der Waals surface area contributed by atoms with Crippen molar-refractivity contribution in [1.29, 1.82) is 0 Å². The van der Waals surface area contributed by atoms with Crippen LogP contribution in [-0.2, 0) is 14.3 Å². The summed E-state index contributed by atoms with van der Waals surface area (Å²) in [7, 11) is 0. The van der Waals surface area contributed by atoms with E-state index in [4.69, 9.17) is 4.74 Å². The minimum absolute atomic E-state index is 0.115. The first-order valence-electron chi connectivity index (χ1n) is 8.32. The lowest BCUT2D eigenvalue weighted by Crippen LogP contribution is -2.45. The molecule has 1 aliphatic carbocycles. The average Bonchev–Trinajstić information content (AvgIpc) is 2.56. The van der Waals surface area contributed by atoms with Gasteiger partial charge in [0.15, 0.2) is 0 Å². The fourth-order valence-corrected chi connectivity index (χ4v) is 3.42. The van der Waals surface area contributed by atoms with Crippen LogP contribution in [0.15, 0.2) is 0 Å². The lowest BCUT2D eigenvalue weighted by Gasteiger charge is -2.34. The van der Waals surface area contributed by atoms with Gasteiger partial charge in [-0.15, -0.1) is 0 Å². The van der Waals surface area contributed by atoms with Gasteiger partial charge in [0.2, 0.25) is 11.8 Å². The zero-order valence-electron chi connectivity index (χ0n) is 13.3. The first-order valence-corrected chi connectivity index (χ1v) is 8.32. The molecule has 5 heteroatoms. The van der Waals surface area contributed by atoms with Crippen molar-refractivity contribution in [3.05, 3.63) is 0 Å². The third kappa shape index (κ3) is 3.96. The van der Waals surface area contributed by atoms with Crippen molar-refractivity contribution in [3.63, 3.8) is 0 Å². The Morgan fingerprint density at radius 1 is 1.00 bits per heavy atom. The van der Waals surface area contributed by atoms with E-state index in [1.54, 1.807) is 0 Å². The number of hydrogen-bond donors (Lipinski definition) is 0. The molecule has 0 bridgehead atoms. The molecule has 0 unspecified atom stereocenters. The Balaban J connectivity index is 1.82. The van der Waals surface area contributed by atoms with E-state index < -0.39 is 0 Å². The molecule has 0 aromatic heterocycles. The maximum Gasteiger partial charge on any atom is 0.225 e. The number of nitrogens with zero attached hydrogens (tertiary/aromatic N) is 2. The van der Waals surface area contributed by atoms with Crippen LogP contribution in [0.25, 0.3) is 0 Å². The van der Waals surface area contributed by atoms with Gasteiger partial charge in [-0.1, -0.05) is 0 Å². The minimum atomic E-state index is 0.115. The summed E-state index contributed by atoms with van der Waals surface area (Å²) in [6, 6.07) is 0. The summed E-state index contributed by atoms with van der Waals surface area (Å²) < 4.78 is 5.29. The highest BCUT2D eigenvalue weighted by Crippen LogP contribution is 2.31. The lowest BCUT2D eigenvalue weighted by molar-refractivity contribution is -0.143. The minimum Gasteiger partial charge on any atom is -0.378 e. The van der Waals surface area contributed by atoms with Gasteiger partial charge >= 0.3 is 0 Å². The lowest BCUT2D eigenvalue weighted by atomic mass is 9.80. The second-order valence-electron chi connectivity index (χ2n) is 6.00. The molecule has 0 aromatic rings. The maximum atomic E-state index is 12.5. The van der Waals surface area contributed by atoms with Crippen LogP contribution < -0.4 is 0 Å². The summed E-state index contributed by atoms with van der Waals surface area (Å²) in [5.41, 5.74) is 0.